The second-order valence-electron chi connectivity index (χ2n) is 5.83. The Morgan fingerprint density at radius 1 is 1.11 bits per heavy atom. The Hall–Kier alpha value is -0.730. The quantitative estimate of drug-likeness (QED) is 0.896. The molecular formula is C16H23ClN2. The summed E-state index contributed by atoms with van der Waals surface area (Å²) < 4.78 is 0. The van der Waals surface area contributed by atoms with Gasteiger partial charge in [-0.1, -0.05) is 24.4 Å². The number of hydrogen-bond acceptors (Lipinski definition) is 2. The van der Waals surface area contributed by atoms with Gasteiger partial charge in [-0.15, -0.1) is 0 Å². The van der Waals surface area contributed by atoms with Crippen LogP contribution in [0.3, 0.4) is 0 Å². The van der Waals surface area contributed by atoms with E-state index in [4.69, 9.17) is 11.6 Å². The number of rotatable bonds is 4. The van der Waals surface area contributed by atoms with Crippen molar-refractivity contribution >= 4 is 17.3 Å². The average molecular weight is 279 g/mol. The molecule has 0 radical (unpaired) electrons. The molecule has 0 unspecified atom stereocenters. The average Bonchev–Trinajstić information content (AvgIpc) is 3.24. The molecule has 0 spiro atoms. The van der Waals surface area contributed by atoms with Gasteiger partial charge >= 0.3 is 0 Å². The summed E-state index contributed by atoms with van der Waals surface area (Å²) in [6.07, 6.45) is 8.05. The lowest BCUT2D eigenvalue weighted by Gasteiger charge is -2.26. The molecule has 3 heteroatoms. The first-order valence-electron chi connectivity index (χ1n) is 7.60. The van der Waals surface area contributed by atoms with Crippen molar-refractivity contribution in [3.8, 4) is 0 Å². The number of halogens is 1. The Morgan fingerprint density at radius 3 is 2.53 bits per heavy atom. The second kappa shape index (κ2) is 6.15. The van der Waals surface area contributed by atoms with Crippen LogP contribution < -0.4 is 10.2 Å². The standard InChI is InChI=1S/C16H23ClN2/c17-14-5-8-16(19-9-3-1-2-4-10-19)13(11-14)12-18-15-6-7-15/h5,8,11,15,18H,1-4,6-7,9-10,12H2. The summed E-state index contributed by atoms with van der Waals surface area (Å²) in [6.45, 7) is 3.34. The van der Waals surface area contributed by atoms with Crippen LogP contribution in [0.5, 0.6) is 0 Å². The summed E-state index contributed by atoms with van der Waals surface area (Å²) in [6, 6.07) is 7.12. The number of hydrogen-bond donors (Lipinski definition) is 1. The molecule has 1 heterocycles. The van der Waals surface area contributed by atoms with Crippen molar-refractivity contribution in [1.29, 1.82) is 0 Å². The molecule has 1 aliphatic heterocycles. The first-order valence-corrected chi connectivity index (χ1v) is 7.97. The van der Waals surface area contributed by atoms with Gasteiger partial charge in [0.25, 0.3) is 0 Å². The van der Waals surface area contributed by atoms with Crippen LogP contribution in [0.2, 0.25) is 5.02 Å². The minimum atomic E-state index is 0.746. The SMILES string of the molecule is Clc1ccc(N2CCCCCC2)c(CNC2CC2)c1. The highest BCUT2D eigenvalue weighted by atomic mass is 35.5. The molecule has 2 nitrogen and oxygen atoms in total. The maximum atomic E-state index is 6.17. The van der Waals surface area contributed by atoms with E-state index in [9.17, 15) is 0 Å². The highest BCUT2D eigenvalue weighted by Gasteiger charge is 2.21. The van der Waals surface area contributed by atoms with E-state index in [1.54, 1.807) is 0 Å². The molecule has 1 saturated heterocycles. The molecule has 0 atom stereocenters. The largest absolute Gasteiger partial charge is 0.371 e. The molecule has 104 valence electrons. The molecule has 1 N–H and O–H groups in total. The van der Waals surface area contributed by atoms with Crippen LogP contribution in [-0.4, -0.2) is 19.1 Å². The van der Waals surface area contributed by atoms with E-state index in [-0.39, 0.29) is 0 Å². The molecule has 2 aliphatic rings. The zero-order chi connectivity index (χ0) is 13.1. The minimum Gasteiger partial charge on any atom is -0.371 e. The van der Waals surface area contributed by atoms with Crippen LogP contribution >= 0.6 is 11.6 Å². The van der Waals surface area contributed by atoms with Crippen molar-refractivity contribution in [2.24, 2.45) is 0 Å². The van der Waals surface area contributed by atoms with E-state index in [2.05, 4.69) is 22.3 Å². The van der Waals surface area contributed by atoms with Gasteiger partial charge in [0.05, 0.1) is 0 Å². The fourth-order valence-electron chi connectivity index (χ4n) is 2.86. The fraction of sp³-hybridized carbons (Fsp3) is 0.625. The number of benzene rings is 1. The summed E-state index contributed by atoms with van der Waals surface area (Å²) in [5.74, 6) is 0. The zero-order valence-electron chi connectivity index (χ0n) is 11.5. The molecule has 0 aromatic heterocycles. The monoisotopic (exact) mass is 278 g/mol. The second-order valence-corrected chi connectivity index (χ2v) is 6.27. The molecule has 19 heavy (non-hydrogen) atoms. The summed E-state index contributed by atoms with van der Waals surface area (Å²) in [4.78, 5) is 2.55. The van der Waals surface area contributed by atoms with Gasteiger partial charge in [-0.05, 0) is 49.4 Å². The Morgan fingerprint density at radius 2 is 1.84 bits per heavy atom. The van der Waals surface area contributed by atoms with Crippen LogP contribution in [0.25, 0.3) is 0 Å². The molecule has 2 fully saturated rings. The van der Waals surface area contributed by atoms with E-state index in [1.807, 2.05) is 6.07 Å². The van der Waals surface area contributed by atoms with Crippen LogP contribution in [0.4, 0.5) is 5.69 Å². The molecule has 1 aliphatic carbocycles. The van der Waals surface area contributed by atoms with Gasteiger partial charge in [0.15, 0.2) is 0 Å². The van der Waals surface area contributed by atoms with Crippen LogP contribution in [-0.2, 0) is 6.54 Å². The third-order valence-electron chi connectivity index (χ3n) is 4.15. The van der Waals surface area contributed by atoms with E-state index in [0.29, 0.717) is 0 Å². The molecule has 1 aromatic rings. The third-order valence-corrected chi connectivity index (χ3v) is 4.38. The van der Waals surface area contributed by atoms with E-state index >= 15 is 0 Å². The molecule has 1 aromatic carbocycles. The van der Waals surface area contributed by atoms with Crippen LogP contribution in [0.1, 0.15) is 44.1 Å². The van der Waals surface area contributed by atoms with Crippen molar-refractivity contribution in [2.45, 2.75) is 51.1 Å². The Bertz CT molecular complexity index is 421. The first kappa shape index (κ1) is 13.3. The number of nitrogens with zero attached hydrogens (tertiary/aromatic N) is 1. The Balaban J connectivity index is 1.76. The zero-order valence-corrected chi connectivity index (χ0v) is 12.3. The van der Waals surface area contributed by atoms with Gasteiger partial charge < -0.3 is 10.2 Å². The Labute approximate surface area is 121 Å². The van der Waals surface area contributed by atoms with Crippen molar-refractivity contribution in [1.82, 2.24) is 5.32 Å². The van der Waals surface area contributed by atoms with Gasteiger partial charge in [0.1, 0.15) is 0 Å². The minimum absolute atomic E-state index is 0.746. The van der Waals surface area contributed by atoms with E-state index < -0.39 is 0 Å². The van der Waals surface area contributed by atoms with Gasteiger partial charge in [-0.2, -0.15) is 0 Å². The van der Waals surface area contributed by atoms with Gasteiger partial charge in [-0.3, -0.25) is 0 Å². The summed E-state index contributed by atoms with van der Waals surface area (Å²) >= 11 is 6.17. The summed E-state index contributed by atoms with van der Waals surface area (Å²) in [5.41, 5.74) is 2.75. The van der Waals surface area contributed by atoms with Gasteiger partial charge in [0.2, 0.25) is 0 Å². The van der Waals surface area contributed by atoms with Crippen LogP contribution in [0.15, 0.2) is 18.2 Å². The molecule has 0 bridgehead atoms. The lowest BCUT2D eigenvalue weighted by atomic mass is 10.1. The summed E-state index contributed by atoms with van der Waals surface area (Å²) in [7, 11) is 0. The third kappa shape index (κ3) is 3.64. The maximum absolute atomic E-state index is 6.17. The predicted octanol–water partition coefficient (Wildman–Crippen LogP) is 3.97. The summed E-state index contributed by atoms with van der Waals surface area (Å²) in [5, 5.41) is 4.46. The van der Waals surface area contributed by atoms with Crippen molar-refractivity contribution in [3.05, 3.63) is 28.8 Å². The maximum Gasteiger partial charge on any atom is 0.0412 e. The van der Waals surface area contributed by atoms with Gasteiger partial charge in [0, 0.05) is 36.4 Å². The Kier molecular flexibility index (Phi) is 4.29. The predicted molar refractivity (Wildman–Crippen MR) is 82.0 cm³/mol. The number of anilines is 1. The molecule has 3 rings (SSSR count). The lowest BCUT2D eigenvalue weighted by molar-refractivity contribution is 0.682. The fourth-order valence-corrected chi connectivity index (χ4v) is 3.05. The molecular weight excluding hydrogens is 256 g/mol. The van der Waals surface area contributed by atoms with Crippen molar-refractivity contribution < 1.29 is 0 Å². The molecule has 0 amide bonds. The van der Waals surface area contributed by atoms with E-state index in [1.165, 1.54) is 62.9 Å². The van der Waals surface area contributed by atoms with Crippen molar-refractivity contribution in [3.63, 3.8) is 0 Å². The topological polar surface area (TPSA) is 15.3 Å². The van der Waals surface area contributed by atoms with Gasteiger partial charge in [-0.25, -0.2) is 0 Å². The highest BCUT2D eigenvalue weighted by molar-refractivity contribution is 6.30. The van der Waals surface area contributed by atoms with Crippen molar-refractivity contribution in [2.75, 3.05) is 18.0 Å². The first-order chi connectivity index (χ1) is 9.33. The number of nitrogens with one attached hydrogen (secondary N) is 1. The highest BCUT2D eigenvalue weighted by Crippen LogP contribution is 2.28. The normalized spacial score (nSPS) is 20.4. The molecule has 1 saturated carbocycles. The lowest BCUT2D eigenvalue weighted by Crippen LogP contribution is -2.26. The van der Waals surface area contributed by atoms with E-state index in [0.717, 1.165) is 17.6 Å². The van der Waals surface area contributed by atoms with Crippen LogP contribution in [0, 0.1) is 0 Å². The smallest absolute Gasteiger partial charge is 0.0412 e.